The van der Waals surface area contributed by atoms with Gasteiger partial charge in [0.1, 0.15) is 5.82 Å². The Kier molecular flexibility index (Phi) is 7.57. The monoisotopic (exact) mass is 279 g/mol. The first-order chi connectivity index (χ1) is 9.65. The van der Waals surface area contributed by atoms with Crippen LogP contribution in [0.25, 0.3) is 0 Å². The average molecular weight is 279 g/mol. The smallest absolute Gasteiger partial charge is 0.234 e. The predicted molar refractivity (Wildman–Crippen MR) is 80.4 cm³/mol. The third-order valence-electron chi connectivity index (χ3n) is 2.68. The highest BCUT2D eigenvalue weighted by molar-refractivity contribution is 5.77. The quantitative estimate of drug-likeness (QED) is 0.712. The number of likely N-dealkylation sites (N-methyl/N-ethyl adjacent to an activating group) is 1. The Morgan fingerprint density at radius 2 is 1.95 bits per heavy atom. The third-order valence-corrected chi connectivity index (χ3v) is 2.68. The molecule has 1 amide bonds. The SMILES string of the molecule is CCCNC(=O)CN(C)Cc1cnc(NCCC)cn1. The lowest BCUT2D eigenvalue weighted by Gasteiger charge is -2.15. The molecule has 0 saturated heterocycles. The van der Waals surface area contributed by atoms with Crippen LogP contribution in [0.3, 0.4) is 0 Å². The Balaban J connectivity index is 2.37. The second kappa shape index (κ2) is 9.25. The zero-order chi connectivity index (χ0) is 14.8. The first-order valence-electron chi connectivity index (χ1n) is 7.15. The number of rotatable bonds is 9. The van der Waals surface area contributed by atoms with E-state index in [-0.39, 0.29) is 5.91 Å². The molecule has 6 heteroatoms. The number of nitrogens with one attached hydrogen (secondary N) is 2. The van der Waals surface area contributed by atoms with Crippen molar-refractivity contribution in [1.29, 1.82) is 0 Å². The summed E-state index contributed by atoms with van der Waals surface area (Å²) in [7, 11) is 1.90. The van der Waals surface area contributed by atoms with E-state index in [0.717, 1.165) is 37.4 Å². The molecule has 0 aliphatic carbocycles. The number of hydrogen-bond acceptors (Lipinski definition) is 5. The summed E-state index contributed by atoms with van der Waals surface area (Å²) in [5.41, 5.74) is 0.859. The maximum absolute atomic E-state index is 11.6. The fourth-order valence-corrected chi connectivity index (χ4v) is 1.68. The minimum Gasteiger partial charge on any atom is -0.369 e. The number of hydrogen-bond donors (Lipinski definition) is 2. The molecule has 1 aromatic rings. The van der Waals surface area contributed by atoms with E-state index in [1.54, 1.807) is 12.4 Å². The van der Waals surface area contributed by atoms with Crippen molar-refractivity contribution >= 4 is 11.7 Å². The van der Waals surface area contributed by atoms with Gasteiger partial charge in [-0.25, -0.2) is 4.98 Å². The molecule has 112 valence electrons. The van der Waals surface area contributed by atoms with Crippen molar-refractivity contribution in [2.75, 3.05) is 32.0 Å². The van der Waals surface area contributed by atoms with E-state index >= 15 is 0 Å². The van der Waals surface area contributed by atoms with Crippen LogP contribution in [-0.4, -0.2) is 47.5 Å². The van der Waals surface area contributed by atoms with Gasteiger partial charge in [0.15, 0.2) is 0 Å². The highest BCUT2D eigenvalue weighted by atomic mass is 16.2. The molecular weight excluding hydrogens is 254 g/mol. The van der Waals surface area contributed by atoms with E-state index in [9.17, 15) is 4.79 Å². The number of amides is 1. The lowest BCUT2D eigenvalue weighted by Crippen LogP contribution is -2.35. The van der Waals surface area contributed by atoms with Gasteiger partial charge < -0.3 is 10.6 Å². The summed E-state index contributed by atoms with van der Waals surface area (Å²) >= 11 is 0. The summed E-state index contributed by atoms with van der Waals surface area (Å²) in [5.74, 6) is 0.836. The van der Waals surface area contributed by atoms with Crippen molar-refractivity contribution in [3.63, 3.8) is 0 Å². The molecule has 20 heavy (non-hydrogen) atoms. The molecule has 6 nitrogen and oxygen atoms in total. The molecule has 0 radical (unpaired) electrons. The molecule has 0 fully saturated rings. The van der Waals surface area contributed by atoms with E-state index in [1.165, 1.54) is 0 Å². The van der Waals surface area contributed by atoms with Crippen LogP contribution in [-0.2, 0) is 11.3 Å². The Labute approximate surface area is 121 Å². The van der Waals surface area contributed by atoms with E-state index in [1.807, 2.05) is 18.9 Å². The summed E-state index contributed by atoms with van der Waals surface area (Å²) < 4.78 is 0. The number of carbonyl (C=O) groups is 1. The lowest BCUT2D eigenvalue weighted by molar-refractivity contribution is -0.122. The average Bonchev–Trinajstić information content (AvgIpc) is 2.44. The van der Waals surface area contributed by atoms with E-state index in [0.29, 0.717) is 13.1 Å². The number of carbonyl (C=O) groups excluding carboxylic acids is 1. The summed E-state index contributed by atoms with van der Waals surface area (Å²) in [6, 6.07) is 0. The van der Waals surface area contributed by atoms with Crippen LogP contribution in [0.4, 0.5) is 5.82 Å². The fraction of sp³-hybridized carbons (Fsp3) is 0.643. The van der Waals surface area contributed by atoms with Crippen LogP contribution in [0.2, 0.25) is 0 Å². The molecule has 0 aliphatic rings. The predicted octanol–water partition coefficient (Wildman–Crippen LogP) is 1.26. The minimum absolute atomic E-state index is 0.0449. The molecule has 1 aromatic heterocycles. The highest BCUT2D eigenvalue weighted by Gasteiger charge is 2.07. The molecule has 0 atom stereocenters. The summed E-state index contributed by atoms with van der Waals surface area (Å²) in [6.07, 6.45) is 5.49. The highest BCUT2D eigenvalue weighted by Crippen LogP contribution is 2.03. The van der Waals surface area contributed by atoms with Gasteiger partial charge in [-0.05, 0) is 19.9 Å². The second-order valence-corrected chi connectivity index (χ2v) is 4.84. The van der Waals surface area contributed by atoms with Gasteiger partial charge in [0, 0.05) is 19.6 Å². The Morgan fingerprint density at radius 1 is 1.20 bits per heavy atom. The van der Waals surface area contributed by atoms with Gasteiger partial charge in [-0.3, -0.25) is 14.7 Å². The van der Waals surface area contributed by atoms with Crippen LogP contribution in [0, 0.1) is 0 Å². The lowest BCUT2D eigenvalue weighted by atomic mass is 10.4. The molecule has 0 bridgehead atoms. The second-order valence-electron chi connectivity index (χ2n) is 4.84. The zero-order valence-corrected chi connectivity index (χ0v) is 12.6. The molecule has 0 aliphatic heterocycles. The van der Waals surface area contributed by atoms with Gasteiger partial charge in [-0.1, -0.05) is 13.8 Å². The fourth-order valence-electron chi connectivity index (χ4n) is 1.68. The van der Waals surface area contributed by atoms with Gasteiger partial charge in [0.25, 0.3) is 0 Å². The molecule has 0 unspecified atom stereocenters. The Bertz CT molecular complexity index is 393. The minimum atomic E-state index is 0.0449. The van der Waals surface area contributed by atoms with Crippen LogP contribution in [0.1, 0.15) is 32.4 Å². The van der Waals surface area contributed by atoms with Gasteiger partial charge in [-0.2, -0.15) is 0 Å². The maximum Gasteiger partial charge on any atom is 0.234 e. The van der Waals surface area contributed by atoms with Crippen molar-refractivity contribution in [3.05, 3.63) is 18.1 Å². The van der Waals surface area contributed by atoms with Crippen molar-refractivity contribution in [3.8, 4) is 0 Å². The number of anilines is 1. The van der Waals surface area contributed by atoms with Gasteiger partial charge in [-0.15, -0.1) is 0 Å². The van der Waals surface area contributed by atoms with Crippen molar-refractivity contribution in [2.45, 2.75) is 33.2 Å². The Morgan fingerprint density at radius 3 is 2.55 bits per heavy atom. The Hall–Kier alpha value is -1.69. The molecular formula is C14H25N5O. The first-order valence-corrected chi connectivity index (χ1v) is 7.15. The van der Waals surface area contributed by atoms with Crippen LogP contribution in [0.15, 0.2) is 12.4 Å². The van der Waals surface area contributed by atoms with Gasteiger partial charge in [0.05, 0.1) is 24.6 Å². The topological polar surface area (TPSA) is 70.2 Å². The summed E-state index contributed by atoms with van der Waals surface area (Å²) in [5, 5.41) is 6.03. The van der Waals surface area contributed by atoms with Crippen molar-refractivity contribution in [2.24, 2.45) is 0 Å². The molecule has 2 N–H and O–H groups in total. The number of nitrogens with zero attached hydrogens (tertiary/aromatic N) is 3. The molecule has 1 heterocycles. The van der Waals surface area contributed by atoms with E-state index in [2.05, 4.69) is 27.5 Å². The normalized spacial score (nSPS) is 10.6. The van der Waals surface area contributed by atoms with Crippen molar-refractivity contribution in [1.82, 2.24) is 20.2 Å². The largest absolute Gasteiger partial charge is 0.369 e. The zero-order valence-electron chi connectivity index (χ0n) is 12.6. The molecule has 0 spiro atoms. The molecule has 0 aromatic carbocycles. The standard InChI is InChI=1S/C14H25N5O/c1-4-6-15-13-9-17-12(8-18-13)10-19(3)11-14(20)16-7-5-2/h8-9H,4-7,10-11H2,1-3H3,(H,15,18)(H,16,20). The molecule has 1 rings (SSSR count). The van der Waals surface area contributed by atoms with Crippen molar-refractivity contribution < 1.29 is 4.79 Å². The van der Waals surface area contributed by atoms with Gasteiger partial charge in [0.2, 0.25) is 5.91 Å². The molecule has 0 saturated carbocycles. The van der Waals surface area contributed by atoms with E-state index in [4.69, 9.17) is 0 Å². The third kappa shape index (κ3) is 6.47. The first kappa shape index (κ1) is 16.4. The van der Waals surface area contributed by atoms with E-state index < -0.39 is 0 Å². The van der Waals surface area contributed by atoms with Gasteiger partial charge >= 0.3 is 0 Å². The van der Waals surface area contributed by atoms with Crippen LogP contribution >= 0.6 is 0 Å². The van der Waals surface area contributed by atoms with Crippen LogP contribution in [0.5, 0.6) is 0 Å². The maximum atomic E-state index is 11.6. The number of aromatic nitrogens is 2. The van der Waals surface area contributed by atoms with Crippen LogP contribution < -0.4 is 10.6 Å². The summed E-state index contributed by atoms with van der Waals surface area (Å²) in [4.78, 5) is 22.1. The summed E-state index contributed by atoms with van der Waals surface area (Å²) in [6.45, 7) is 6.75.